The second kappa shape index (κ2) is 8.37. The Balaban J connectivity index is 1.61. The van der Waals surface area contributed by atoms with Gasteiger partial charge >= 0.3 is 0 Å². The molecular formula is C22H19N3O4S2. The van der Waals surface area contributed by atoms with Crippen molar-refractivity contribution in [3.63, 3.8) is 0 Å². The summed E-state index contributed by atoms with van der Waals surface area (Å²) in [4.78, 5) is 17.5. The van der Waals surface area contributed by atoms with E-state index in [1.807, 2.05) is 19.1 Å². The predicted molar refractivity (Wildman–Crippen MR) is 123 cm³/mol. The van der Waals surface area contributed by atoms with E-state index in [0.717, 1.165) is 10.3 Å². The van der Waals surface area contributed by atoms with E-state index < -0.39 is 15.9 Å². The first kappa shape index (κ1) is 20.8. The van der Waals surface area contributed by atoms with Crippen molar-refractivity contribution in [2.45, 2.75) is 11.8 Å². The van der Waals surface area contributed by atoms with Crippen LogP contribution in [0.25, 0.3) is 10.2 Å². The van der Waals surface area contributed by atoms with Gasteiger partial charge in [0.25, 0.3) is 15.9 Å². The van der Waals surface area contributed by atoms with Crippen molar-refractivity contribution < 1.29 is 17.9 Å². The number of benzene rings is 3. The Hall–Kier alpha value is -3.43. The molecule has 4 aromatic rings. The number of para-hydroxylation sites is 2. The van der Waals surface area contributed by atoms with Crippen molar-refractivity contribution >= 4 is 48.3 Å². The predicted octanol–water partition coefficient (Wildman–Crippen LogP) is 4.67. The molecule has 0 spiro atoms. The number of hydrogen-bond donors (Lipinski definition) is 2. The molecule has 1 aromatic heterocycles. The van der Waals surface area contributed by atoms with Gasteiger partial charge in [0.05, 0.1) is 28.0 Å². The average molecular weight is 454 g/mol. The third kappa shape index (κ3) is 4.37. The van der Waals surface area contributed by atoms with Crippen LogP contribution in [-0.4, -0.2) is 26.4 Å². The molecule has 0 aliphatic carbocycles. The fourth-order valence-electron chi connectivity index (χ4n) is 3.00. The van der Waals surface area contributed by atoms with E-state index in [4.69, 9.17) is 4.74 Å². The second-order valence-corrected chi connectivity index (χ2v) is 9.46. The van der Waals surface area contributed by atoms with Crippen LogP contribution >= 0.6 is 11.3 Å². The molecule has 1 amide bonds. The van der Waals surface area contributed by atoms with Crippen LogP contribution < -0.4 is 14.8 Å². The molecule has 0 saturated heterocycles. The largest absolute Gasteiger partial charge is 0.494 e. The van der Waals surface area contributed by atoms with E-state index >= 15 is 0 Å². The first-order valence-corrected chi connectivity index (χ1v) is 11.6. The number of methoxy groups -OCH3 is 1. The fraction of sp³-hybridized carbons (Fsp3) is 0.0909. The lowest BCUT2D eigenvalue weighted by atomic mass is 10.2. The van der Waals surface area contributed by atoms with Gasteiger partial charge in [-0.2, -0.15) is 0 Å². The van der Waals surface area contributed by atoms with E-state index in [1.165, 1.54) is 23.5 Å². The van der Waals surface area contributed by atoms with Crippen molar-refractivity contribution in [1.29, 1.82) is 0 Å². The highest BCUT2D eigenvalue weighted by Crippen LogP contribution is 2.32. The maximum absolute atomic E-state index is 12.9. The van der Waals surface area contributed by atoms with Gasteiger partial charge in [0, 0.05) is 0 Å². The molecule has 2 N–H and O–H groups in total. The molecule has 4 rings (SSSR count). The molecule has 7 nitrogen and oxygen atoms in total. The zero-order valence-corrected chi connectivity index (χ0v) is 18.4. The Kier molecular flexibility index (Phi) is 5.62. The summed E-state index contributed by atoms with van der Waals surface area (Å²) in [6.07, 6.45) is 0. The molecule has 0 fully saturated rings. The van der Waals surface area contributed by atoms with Crippen LogP contribution in [0, 0.1) is 6.92 Å². The maximum Gasteiger partial charge on any atom is 0.261 e. The molecular weight excluding hydrogens is 434 g/mol. The Labute approximate surface area is 183 Å². The van der Waals surface area contributed by atoms with Crippen molar-refractivity contribution in [3.05, 3.63) is 77.9 Å². The van der Waals surface area contributed by atoms with E-state index in [-0.39, 0.29) is 16.1 Å². The van der Waals surface area contributed by atoms with Gasteiger partial charge in [-0.15, -0.1) is 0 Å². The maximum atomic E-state index is 12.9. The Morgan fingerprint density at radius 3 is 2.48 bits per heavy atom. The number of fused-ring (bicyclic) bond motifs is 1. The molecule has 0 radical (unpaired) electrons. The zero-order valence-electron chi connectivity index (χ0n) is 16.7. The van der Waals surface area contributed by atoms with Crippen LogP contribution in [0.5, 0.6) is 5.75 Å². The van der Waals surface area contributed by atoms with E-state index in [9.17, 15) is 13.2 Å². The van der Waals surface area contributed by atoms with Gasteiger partial charge in [-0.3, -0.25) is 14.8 Å². The van der Waals surface area contributed by atoms with Crippen LogP contribution in [0.1, 0.15) is 15.9 Å². The van der Waals surface area contributed by atoms with Crippen molar-refractivity contribution in [2.75, 3.05) is 17.1 Å². The van der Waals surface area contributed by atoms with E-state index in [1.54, 1.807) is 49.6 Å². The molecule has 0 aliphatic heterocycles. The average Bonchev–Trinajstić information content (AvgIpc) is 3.16. The van der Waals surface area contributed by atoms with Gasteiger partial charge in [0.1, 0.15) is 11.3 Å². The Morgan fingerprint density at radius 2 is 1.74 bits per heavy atom. The third-order valence-corrected chi connectivity index (χ3v) is 6.89. The van der Waals surface area contributed by atoms with Crippen LogP contribution in [-0.2, 0) is 10.0 Å². The smallest absolute Gasteiger partial charge is 0.261 e. The summed E-state index contributed by atoms with van der Waals surface area (Å²) in [6, 6.07) is 18.4. The summed E-state index contributed by atoms with van der Waals surface area (Å²) < 4.78 is 34.2. The van der Waals surface area contributed by atoms with Gasteiger partial charge in [-0.1, -0.05) is 47.2 Å². The number of carbonyl (C=O) groups excluding carboxylic acids is 1. The quantitative estimate of drug-likeness (QED) is 0.442. The number of amides is 1. The second-order valence-electron chi connectivity index (χ2n) is 6.74. The summed E-state index contributed by atoms with van der Waals surface area (Å²) in [7, 11) is -2.29. The minimum Gasteiger partial charge on any atom is -0.494 e. The summed E-state index contributed by atoms with van der Waals surface area (Å²) in [5.74, 6) is 0.140. The highest BCUT2D eigenvalue weighted by Gasteiger charge is 2.19. The highest BCUT2D eigenvalue weighted by molar-refractivity contribution is 7.92. The molecule has 9 heteroatoms. The van der Waals surface area contributed by atoms with Gasteiger partial charge < -0.3 is 4.74 Å². The van der Waals surface area contributed by atoms with Gasteiger partial charge in [-0.25, -0.2) is 13.4 Å². The summed E-state index contributed by atoms with van der Waals surface area (Å²) in [5.41, 5.74) is 1.97. The minimum absolute atomic E-state index is 0.117. The number of rotatable bonds is 6. The van der Waals surface area contributed by atoms with Crippen LogP contribution in [0.3, 0.4) is 0 Å². The number of anilines is 2. The SMILES string of the molecule is COc1cccc2sc(NC(=O)c3ccccc3NS(=O)(=O)c3ccc(C)cc3)nc12. The lowest BCUT2D eigenvalue weighted by Gasteiger charge is -2.12. The van der Waals surface area contributed by atoms with Crippen molar-refractivity contribution in [1.82, 2.24) is 4.98 Å². The third-order valence-electron chi connectivity index (χ3n) is 4.57. The lowest BCUT2D eigenvalue weighted by Crippen LogP contribution is -2.18. The normalized spacial score (nSPS) is 11.3. The molecule has 31 heavy (non-hydrogen) atoms. The molecule has 1 heterocycles. The monoisotopic (exact) mass is 453 g/mol. The van der Waals surface area contributed by atoms with Gasteiger partial charge in [0.2, 0.25) is 0 Å². The minimum atomic E-state index is -3.85. The molecule has 0 bridgehead atoms. The zero-order chi connectivity index (χ0) is 22.0. The number of nitrogens with zero attached hydrogens (tertiary/aromatic N) is 1. The van der Waals surface area contributed by atoms with Crippen molar-refractivity contribution in [2.24, 2.45) is 0 Å². The number of ether oxygens (including phenoxy) is 1. The molecule has 0 atom stereocenters. The number of aryl methyl sites for hydroxylation is 1. The molecule has 0 aliphatic rings. The Morgan fingerprint density at radius 1 is 1.00 bits per heavy atom. The number of sulfonamides is 1. The molecule has 0 saturated carbocycles. The molecule has 0 unspecified atom stereocenters. The first-order valence-electron chi connectivity index (χ1n) is 9.31. The number of aromatic nitrogens is 1. The van der Waals surface area contributed by atoms with E-state index in [2.05, 4.69) is 15.0 Å². The van der Waals surface area contributed by atoms with Crippen molar-refractivity contribution in [3.8, 4) is 5.75 Å². The van der Waals surface area contributed by atoms with Crippen LogP contribution in [0.15, 0.2) is 71.6 Å². The molecule has 158 valence electrons. The lowest BCUT2D eigenvalue weighted by molar-refractivity contribution is 0.102. The number of hydrogen-bond acceptors (Lipinski definition) is 6. The van der Waals surface area contributed by atoms with Gasteiger partial charge in [0.15, 0.2) is 5.13 Å². The van der Waals surface area contributed by atoms with Crippen LogP contribution in [0.4, 0.5) is 10.8 Å². The molecule has 3 aromatic carbocycles. The number of nitrogens with one attached hydrogen (secondary N) is 2. The number of carbonyl (C=O) groups is 1. The van der Waals surface area contributed by atoms with Crippen LogP contribution in [0.2, 0.25) is 0 Å². The fourth-order valence-corrected chi connectivity index (χ4v) is 4.96. The number of thiazole rings is 1. The Bertz CT molecular complexity index is 1360. The van der Waals surface area contributed by atoms with E-state index in [0.29, 0.717) is 16.4 Å². The summed E-state index contributed by atoms with van der Waals surface area (Å²) in [6.45, 7) is 1.88. The highest BCUT2D eigenvalue weighted by atomic mass is 32.2. The summed E-state index contributed by atoms with van der Waals surface area (Å²) in [5, 5.41) is 3.14. The standard InChI is InChI=1S/C22H19N3O4S2/c1-14-10-12-15(13-11-14)31(27,28)25-17-7-4-3-6-16(17)21(26)24-22-23-20-18(29-2)8-5-9-19(20)30-22/h3-13,25H,1-2H3,(H,23,24,26). The van der Waals surface area contributed by atoms with Gasteiger partial charge in [-0.05, 0) is 43.3 Å². The summed E-state index contributed by atoms with van der Waals surface area (Å²) >= 11 is 1.31. The first-order chi connectivity index (χ1) is 14.9. The topological polar surface area (TPSA) is 97.4 Å².